The monoisotopic (exact) mass is 422 g/mol. The van der Waals surface area contributed by atoms with Crippen molar-refractivity contribution in [2.75, 3.05) is 31.1 Å². The van der Waals surface area contributed by atoms with Gasteiger partial charge in [-0.1, -0.05) is 30.3 Å². The van der Waals surface area contributed by atoms with Crippen LogP contribution in [-0.2, 0) is 15.6 Å². The van der Waals surface area contributed by atoms with Crippen LogP contribution in [0.4, 0.5) is 5.95 Å². The number of anilines is 1. The lowest BCUT2D eigenvalue weighted by molar-refractivity contribution is 0.0746. The van der Waals surface area contributed by atoms with E-state index in [0.29, 0.717) is 43.3 Å². The third kappa shape index (κ3) is 4.49. The maximum atomic E-state index is 13.0. The van der Waals surface area contributed by atoms with Gasteiger partial charge in [0.15, 0.2) is 9.84 Å². The van der Waals surface area contributed by atoms with Crippen molar-refractivity contribution in [3.8, 4) is 0 Å². The highest BCUT2D eigenvalue weighted by molar-refractivity contribution is 7.90. The van der Waals surface area contributed by atoms with E-state index >= 15 is 0 Å². The number of hydrogen-bond acceptors (Lipinski definition) is 6. The van der Waals surface area contributed by atoms with Gasteiger partial charge >= 0.3 is 0 Å². The van der Waals surface area contributed by atoms with E-state index in [1.165, 1.54) is 0 Å². The van der Waals surface area contributed by atoms with Gasteiger partial charge in [0.05, 0.1) is 10.6 Å². The van der Waals surface area contributed by atoms with Crippen molar-refractivity contribution < 1.29 is 13.2 Å². The molecular formula is C22H22N4O3S. The zero-order valence-corrected chi connectivity index (χ0v) is 17.2. The minimum Gasteiger partial charge on any atom is -0.337 e. The zero-order valence-electron chi connectivity index (χ0n) is 16.4. The number of piperazine rings is 1. The van der Waals surface area contributed by atoms with Crippen LogP contribution in [0.3, 0.4) is 0 Å². The number of hydrogen-bond donors (Lipinski definition) is 0. The molecule has 2 aromatic carbocycles. The fourth-order valence-corrected chi connectivity index (χ4v) is 4.83. The standard InChI is InChI=1S/C22H22N4O3S/c27-21(25-12-14-26(15-13-25)22-23-10-5-11-24-22)19-7-4-6-18(16-19)17-30(28,29)20-8-2-1-3-9-20/h1-11,16H,12-15,17H2. The lowest BCUT2D eigenvalue weighted by atomic mass is 10.1. The van der Waals surface area contributed by atoms with Crippen LogP contribution < -0.4 is 4.90 Å². The van der Waals surface area contributed by atoms with Gasteiger partial charge in [-0.3, -0.25) is 4.79 Å². The molecule has 1 aromatic heterocycles. The number of carbonyl (C=O) groups excluding carboxylic acids is 1. The van der Waals surface area contributed by atoms with Crippen molar-refractivity contribution in [1.82, 2.24) is 14.9 Å². The predicted octanol–water partition coefficient (Wildman–Crippen LogP) is 2.41. The summed E-state index contributed by atoms with van der Waals surface area (Å²) in [6.07, 6.45) is 3.41. The molecule has 1 saturated heterocycles. The van der Waals surface area contributed by atoms with Crippen molar-refractivity contribution in [2.45, 2.75) is 10.6 Å². The number of carbonyl (C=O) groups is 1. The van der Waals surface area contributed by atoms with E-state index in [1.807, 2.05) is 4.90 Å². The third-order valence-corrected chi connectivity index (χ3v) is 6.74. The summed E-state index contributed by atoms with van der Waals surface area (Å²) < 4.78 is 25.3. The highest BCUT2D eigenvalue weighted by atomic mass is 32.2. The Morgan fingerprint density at radius 3 is 2.27 bits per heavy atom. The molecule has 0 saturated carbocycles. The second-order valence-corrected chi connectivity index (χ2v) is 9.09. The first-order valence-corrected chi connectivity index (χ1v) is 11.4. The number of nitrogens with zero attached hydrogens (tertiary/aromatic N) is 4. The summed E-state index contributed by atoms with van der Waals surface area (Å²) in [5, 5.41) is 0. The molecule has 1 amide bonds. The molecule has 30 heavy (non-hydrogen) atoms. The largest absolute Gasteiger partial charge is 0.337 e. The Kier molecular flexibility index (Phi) is 5.76. The van der Waals surface area contributed by atoms with Crippen LogP contribution in [0.15, 0.2) is 78.0 Å². The fraction of sp³-hybridized carbons (Fsp3) is 0.227. The molecular weight excluding hydrogens is 400 g/mol. The van der Waals surface area contributed by atoms with Gasteiger partial charge in [0, 0.05) is 44.1 Å². The second-order valence-electron chi connectivity index (χ2n) is 7.10. The first-order valence-electron chi connectivity index (χ1n) is 9.71. The van der Waals surface area contributed by atoms with Gasteiger partial charge in [-0.15, -0.1) is 0 Å². The van der Waals surface area contributed by atoms with E-state index < -0.39 is 9.84 Å². The van der Waals surface area contributed by atoms with E-state index in [9.17, 15) is 13.2 Å². The van der Waals surface area contributed by atoms with Gasteiger partial charge in [0.25, 0.3) is 5.91 Å². The molecule has 0 N–H and O–H groups in total. The zero-order chi connectivity index (χ0) is 21.0. The molecule has 0 aliphatic carbocycles. The Morgan fingerprint density at radius 2 is 1.57 bits per heavy atom. The smallest absolute Gasteiger partial charge is 0.253 e. The number of amides is 1. The lowest BCUT2D eigenvalue weighted by Gasteiger charge is -2.34. The Bertz CT molecular complexity index is 1110. The number of sulfone groups is 1. The van der Waals surface area contributed by atoms with Crippen LogP contribution in [0.5, 0.6) is 0 Å². The highest BCUT2D eigenvalue weighted by Gasteiger charge is 2.24. The van der Waals surface area contributed by atoms with Crippen molar-refractivity contribution >= 4 is 21.7 Å². The Labute approximate surface area is 175 Å². The minimum absolute atomic E-state index is 0.0948. The predicted molar refractivity (Wildman–Crippen MR) is 114 cm³/mol. The van der Waals surface area contributed by atoms with Crippen molar-refractivity contribution in [2.24, 2.45) is 0 Å². The molecule has 7 nitrogen and oxygen atoms in total. The molecule has 0 radical (unpaired) electrons. The maximum absolute atomic E-state index is 13.0. The Hall–Kier alpha value is -3.26. The van der Waals surface area contributed by atoms with E-state index in [2.05, 4.69) is 9.97 Å². The van der Waals surface area contributed by atoms with Gasteiger partial charge in [-0.2, -0.15) is 0 Å². The van der Waals surface area contributed by atoms with Gasteiger partial charge < -0.3 is 9.80 Å². The molecule has 1 aliphatic heterocycles. The molecule has 0 atom stereocenters. The van der Waals surface area contributed by atoms with Crippen LogP contribution in [-0.4, -0.2) is 55.4 Å². The van der Waals surface area contributed by atoms with E-state index in [4.69, 9.17) is 0 Å². The summed E-state index contributed by atoms with van der Waals surface area (Å²) in [5.74, 6) is 0.428. The van der Waals surface area contributed by atoms with Gasteiger partial charge in [-0.25, -0.2) is 18.4 Å². The first kappa shape index (κ1) is 20.0. The van der Waals surface area contributed by atoms with Crippen LogP contribution in [0.2, 0.25) is 0 Å². The van der Waals surface area contributed by atoms with Gasteiger partial charge in [-0.05, 0) is 35.9 Å². The summed E-state index contributed by atoms with van der Waals surface area (Å²) in [7, 11) is -3.46. The Morgan fingerprint density at radius 1 is 0.867 bits per heavy atom. The number of aromatic nitrogens is 2. The Balaban J connectivity index is 1.43. The van der Waals surface area contributed by atoms with Crippen LogP contribution >= 0.6 is 0 Å². The minimum atomic E-state index is -3.46. The molecule has 1 aliphatic rings. The van der Waals surface area contributed by atoms with E-state index in [1.54, 1.807) is 78.0 Å². The number of benzene rings is 2. The van der Waals surface area contributed by atoms with Crippen LogP contribution in [0.1, 0.15) is 15.9 Å². The SMILES string of the molecule is O=C(c1cccc(CS(=O)(=O)c2ccccc2)c1)N1CCN(c2ncccn2)CC1. The van der Waals surface area contributed by atoms with E-state index in [-0.39, 0.29) is 16.6 Å². The number of rotatable bonds is 5. The third-order valence-electron chi connectivity index (χ3n) is 5.03. The average molecular weight is 423 g/mol. The summed E-state index contributed by atoms with van der Waals surface area (Å²) in [6, 6.07) is 17.0. The molecule has 1 fully saturated rings. The quantitative estimate of drug-likeness (QED) is 0.628. The highest BCUT2D eigenvalue weighted by Crippen LogP contribution is 2.18. The topological polar surface area (TPSA) is 83.5 Å². The molecule has 4 rings (SSSR count). The molecule has 2 heterocycles. The fourth-order valence-electron chi connectivity index (χ4n) is 3.47. The normalized spacial score (nSPS) is 14.5. The van der Waals surface area contributed by atoms with E-state index in [0.717, 1.165) is 0 Å². The van der Waals surface area contributed by atoms with Crippen LogP contribution in [0, 0.1) is 0 Å². The van der Waals surface area contributed by atoms with Crippen molar-refractivity contribution in [3.63, 3.8) is 0 Å². The molecule has 0 unspecified atom stereocenters. The summed E-state index contributed by atoms with van der Waals surface area (Å²) in [5.41, 5.74) is 1.10. The summed E-state index contributed by atoms with van der Waals surface area (Å²) in [6.45, 7) is 2.42. The molecule has 0 bridgehead atoms. The van der Waals surface area contributed by atoms with Crippen molar-refractivity contribution in [3.05, 3.63) is 84.2 Å². The first-order chi connectivity index (χ1) is 14.5. The van der Waals surface area contributed by atoms with Gasteiger partial charge in [0.1, 0.15) is 0 Å². The second kappa shape index (κ2) is 8.62. The van der Waals surface area contributed by atoms with Crippen LogP contribution in [0.25, 0.3) is 0 Å². The van der Waals surface area contributed by atoms with Crippen molar-refractivity contribution in [1.29, 1.82) is 0 Å². The molecule has 8 heteroatoms. The maximum Gasteiger partial charge on any atom is 0.253 e. The average Bonchev–Trinajstić information content (AvgIpc) is 2.80. The lowest BCUT2D eigenvalue weighted by Crippen LogP contribution is -2.49. The molecule has 3 aromatic rings. The van der Waals surface area contributed by atoms with Gasteiger partial charge in [0.2, 0.25) is 5.95 Å². The molecule has 0 spiro atoms. The molecule has 154 valence electrons. The summed E-state index contributed by atoms with van der Waals surface area (Å²) >= 11 is 0. The summed E-state index contributed by atoms with van der Waals surface area (Å²) in [4.78, 5) is 25.6.